The standard InChI is InChI=1S/C17H19N3O4S/c1-18-16(21)13-5-4-6-14(11-13)19-17(22)12-7-9-15(10-8-12)25(23,24)20(2)3/h4-11H,1-3H3,(H,18,21)(H,19,22). The molecule has 0 fully saturated rings. The van der Waals surface area contributed by atoms with Crippen molar-refractivity contribution in [1.29, 1.82) is 0 Å². The highest BCUT2D eigenvalue weighted by Crippen LogP contribution is 2.16. The van der Waals surface area contributed by atoms with E-state index in [1.165, 1.54) is 45.4 Å². The number of nitrogens with zero attached hydrogens (tertiary/aromatic N) is 1. The van der Waals surface area contributed by atoms with Gasteiger partial charge in [-0.1, -0.05) is 6.07 Å². The SMILES string of the molecule is CNC(=O)c1cccc(NC(=O)c2ccc(S(=O)(=O)N(C)C)cc2)c1. The maximum Gasteiger partial charge on any atom is 0.255 e. The van der Waals surface area contributed by atoms with Gasteiger partial charge in [-0.3, -0.25) is 9.59 Å². The lowest BCUT2D eigenvalue weighted by molar-refractivity contribution is 0.0961. The highest BCUT2D eigenvalue weighted by molar-refractivity contribution is 7.89. The fourth-order valence-electron chi connectivity index (χ4n) is 2.07. The minimum Gasteiger partial charge on any atom is -0.355 e. The molecule has 7 nitrogen and oxygen atoms in total. The van der Waals surface area contributed by atoms with Crippen LogP contribution in [0.1, 0.15) is 20.7 Å². The van der Waals surface area contributed by atoms with E-state index in [1.807, 2.05) is 0 Å². The molecule has 2 aromatic carbocycles. The summed E-state index contributed by atoms with van der Waals surface area (Å²) in [5, 5.41) is 5.19. The molecule has 8 heteroatoms. The predicted octanol–water partition coefficient (Wildman–Crippen LogP) is 1.55. The van der Waals surface area contributed by atoms with Crippen molar-refractivity contribution in [3.05, 3.63) is 59.7 Å². The van der Waals surface area contributed by atoms with Gasteiger partial charge in [0.25, 0.3) is 11.8 Å². The topological polar surface area (TPSA) is 95.6 Å². The maximum atomic E-state index is 12.3. The van der Waals surface area contributed by atoms with Crippen molar-refractivity contribution >= 4 is 27.5 Å². The Hall–Kier alpha value is -2.71. The average molecular weight is 361 g/mol. The zero-order valence-corrected chi connectivity index (χ0v) is 14.9. The summed E-state index contributed by atoms with van der Waals surface area (Å²) in [6.45, 7) is 0. The van der Waals surface area contributed by atoms with Gasteiger partial charge < -0.3 is 10.6 Å². The number of amides is 2. The molecule has 132 valence electrons. The largest absolute Gasteiger partial charge is 0.355 e. The van der Waals surface area contributed by atoms with Crippen LogP contribution < -0.4 is 10.6 Å². The second-order valence-corrected chi connectivity index (χ2v) is 7.58. The molecule has 0 aromatic heterocycles. The summed E-state index contributed by atoms with van der Waals surface area (Å²) < 4.78 is 25.1. The van der Waals surface area contributed by atoms with E-state index in [0.717, 1.165) is 4.31 Å². The van der Waals surface area contributed by atoms with Crippen LogP contribution in [-0.2, 0) is 10.0 Å². The molecule has 0 unspecified atom stereocenters. The molecule has 2 amide bonds. The first-order valence-electron chi connectivity index (χ1n) is 7.42. The first-order valence-corrected chi connectivity index (χ1v) is 8.86. The molecular weight excluding hydrogens is 342 g/mol. The Kier molecular flexibility index (Phi) is 5.55. The summed E-state index contributed by atoms with van der Waals surface area (Å²) in [5.41, 5.74) is 1.20. The second-order valence-electron chi connectivity index (χ2n) is 5.43. The van der Waals surface area contributed by atoms with Gasteiger partial charge in [-0.25, -0.2) is 12.7 Å². The van der Waals surface area contributed by atoms with Crippen molar-refractivity contribution in [1.82, 2.24) is 9.62 Å². The molecule has 2 N–H and O–H groups in total. The first kappa shape index (κ1) is 18.6. The molecule has 0 saturated carbocycles. The summed E-state index contributed by atoms with van der Waals surface area (Å²) in [6, 6.07) is 12.2. The third-order valence-electron chi connectivity index (χ3n) is 3.50. The summed E-state index contributed by atoms with van der Waals surface area (Å²) in [4.78, 5) is 24.0. The number of hydrogen-bond donors (Lipinski definition) is 2. The molecule has 0 spiro atoms. The molecule has 0 aliphatic heterocycles. The zero-order valence-electron chi connectivity index (χ0n) is 14.1. The van der Waals surface area contributed by atoms with Crippen LogP contribution in [0.5, 0.6) is 0 Å². The fourth-order valence-corrected chi connectivity index (χ4v) is 2.98. The third-order valence-corrected chi connectivity index (χ3v) is 5.33. The highest BCUT2D eigenvalue weighted by Gasteiger charge is 2.17. The molecule has 0 aliphatic carbocycles. The third kappa shape index (κ3) is 4.23. The minimum atomic E-state index is -3.54. The second kappa shape index (κ2) is 7.45. The van der Waals surface area contributed by atoms with Crippen LogP contribution in [0.15, 0.2) is 53.4 Å². The Morgan fingerprint density at radius 1 is 0.920 bits per heavy atom. The average Bonchev–Trinajstić information content (AvgIpc) is 2.61. The zero-order chi connectivity index (χ0) is 18.6. The van der Waals surface area contributed by atoms with Gasteiger partial charge in [0.1, 0.15) is 0 Å². The lowest BCUT2D eigenvalue weighted by Crippen LogP contribution is -2.22. The summed E-state index contributed by atoms with van der Waals surface area (Å²) in [5.74, 6) is -0.655. The van der Waals surface area contributed by atoms with E-state index in [0.29, 0.717) is 16.8 Å². The molecule has 0 atom stereocenters. The number of hydrogen-bond acceptors (Lipinski definition) is 4. The van der Waals surface area contributed by atoms with Crippen LogP contribution in [0.3, 0.4) is 0 Å². The van der Waals surface area contributed by atoms with E-state index >= 15 is 0 Å². The van der Waals surface area contributed by atoms with Gasteiger partial charge >= 0.3 is 0 Å². The molecule has 25 heavy (non-hydrogen) atoms. The number of carbonyl (C=O) groups excluding carboxylic acids is 2. The maximum absolute atomic E-state index is 12.3. The fraction of sp³-hybridized carbons (Fsp3) is 0.176. The van der Waals surface area contributed by atoms with E-state index in [1.54, 1.807) is 24.3 Å². The molecule has 0 heterocycles. The molecule has 0 bridgehead atoms. The van der Waals surface area contributed by atoms with Crippen LogP contribution in [0.4, 0.5) is 5.69 Å². The Morgan fingerprint density at radius 2 is 1.56 bits per heavy atom. The van der Waals surface area contributed by atoms with Crippen molar-refractivity contribution < 1.29 is 18.0 Å². The first-order chi connectivity index (χ1) is 11.8. The smallest absolute Gasteiger partial charge is 0.255 e. The lowest BCUT2D eigenvalue weighted by atomic mass is 10.1. The van der Waals surface area contributed by atoms with Crippen molar-refractivity contribution in [2.45, 2.75) is 4.90 Å². The molecule has 2 rings (SSSR count). The highest BCUT2D eigenvalue weighted by atomic mass is 32.2. The number of carbonyl (C=O) groups is 2. The number of nitrogens with one attached hydrogen (secondary N) is 2. The van der Waals surface area contributed by atoms with Gasteiger partial charge in [-0.15, -0.1) is 0 Å². The molecular formula is C17H19N3O4S. The Morgan fingerprint density at radius 3 is 2.12 bits per heavy atom. The molecule has 0 saturated heterocycles. The van der Waals surface area contributed by atoms with E-state index in [9.17, 15) is 18.0 Å². The predicted molar refractivity (Wildman–Crippen MR) is 95.1 cm³/mol. The van der Waals surface area contributed by atoms with Crippen LogP contribution in [0.2, 0.25) is 0 Å². The number of anilines is 1. The molecule has 0 radical (unpaired) electrons. The van der Waals surface area contributed by atoms with E-state index < -0.39 is 15.9 Å². The van der Waals surface area contributed by atoms with Crippen molar-refractivity contribution in [3.8, 4) is 0 Å². The van der Waals surface area contributed by atoms with E-state index in [4.69, 9.17) is 0 Å². The normalized spacial score (nSPS) is 11.2. The lowest BCUT2D eigenvalue weighted by Gasteiger charge is -2.12. The van der Waals surface area contributed by atoms with Gasteiger partial charge in [0, 0.05) is 38.0 Å². The Bertz CT molecular complexity index is 890. The van der Waals surface area contributed by atoms with Gasteiger partial charge in [-0.2, -0.15) is 0 Å². The van der Waals surface area contributed by atoms with Crippen molar-refractivity contribution in [2.75, 3.05) is 26.5 Å². The Balaban J connectivity index is 2.18. The summed E-state index contributed by atoms with van der Waals surface area (Å²) in [6.07, 6.45) is 0. The quantitative estimate of drug-likeness (QED) is 0.845. The van der Waals surface area contributed by atoms with Gasteiger partial charge in [0.05, 0.1) is 4.90 Å². The van der Waals surface area contributed by atoms with Gasteiger partial charge in [0.15, 0.2) is 0 Å². The van der Waals surface area contributed by atoms with E-state index in [2.05, 4.69) is 10.6 Å². The number of rotatable bonds is 5. The minimum absolute atomic E-state index is 0.107. The van der Waals surface area contributed by atoms with Crippen LogP contribution in [0, 0.1) is 0 Å². The summed E-state index contributed by atoms with van der Waals surface area (Å²) in [7, 11) is 0.865. The van der Waals surface area contributed by atoms with Crippen LogP contribution in [0.25, 0.3) is 0 Å². The number of sulfonamides is 1. The molecule has 2 aromatic rings. The van der Waals surface area contributed by atoms with Crippen molar-refractivity contribution in [3.63, 3.8) is 0 Å². The van der Waals surface area contributed by atoms with Crippen molar-refractivity contribution in [2.24, 2.45) is 0 Å². The Labute approximate surface area is 146 Å². The van der Waals surface area contributed by atoms with Gasteiger partial charge in [-0.05, 0) is 42.5 Å². The number of benzene rings is 2. The van der Waals surface area contributed by atoms with Crippen LogP contribution >= 0.6 is 0 Å². The van der Waals surface area contributed by atoms with E-state index in [-0.39, 0.29) is 10.8 Å². The monoisotopic (exact) mass is 361 g/mol. The van der Waals surface area contributed by atoms with Crippen LogP contribution in [-0.4, -0.2) is 45.7 Å². The molecule has 0 aliphatic rings. The summed E-state index contributed by atoms with van der Waals surface area (Å²) >= 11 is 0. The van der Waals surface area contributed by atoms with Gasteiger partial charge in [0.2, 0.25) is 10.0 Å².